The van der Waals surface area contributed by atoms with Crippen molar-refractivity contribution in [1.29, 1.82) is 0 Å². The van der Waals surface area contributed by atoms with Gasteiger partial charge >= 0.3 is 11.9 Å². The Hall–Kier alpha value is -2.35. The number of aliphatic carboxylic acids is 1. The minimum absolute atomic E-state index is 0.120. The molecule has 22 heavy (non-hydrogen) atoms. The second-order valence-electron chi connectivity index (χ2n) is 4.58. The molecule has 1 unspecified atom stereocenters. The minimum atomic E-state index is -1.04. The highest BCUT2D eigenvalue weighted by atomic mass is 32.2. The molecule has 0 radical (unpaired) electrons. The number of thioether (sulfide) groups is 1. The third-order valence-electron chi connectivity index (χ3n) is 3.10. The van der Waals surface area contributed by atoms with Gasteiger partial charge in [0.25, 0.3) is 0 Å². The average Bonchev–Trinajstić information content (AvgIpc) is 2.50. The molecule has 1 heterocycles. The van der Waals surface area contributed by atoms with E-state index in [2.05, 4.69) is 15.3 Å². The van der Waals surface area contributed by atoms with E-state index in [9.17, 15) is 14.7 Å². The second-order valence-corrected chi connectivity index (χ2v) is 5.56. The molecule has 2 aromatic rings. The molecule has 0 aliphatic rings. The number of benzene rings is 1. The Morgan fingerprint density at radius 3 is 2.73 bits per heavy atom. The monoisotopic (exact) mass is 321 g/mol. The van der Waals surface area contributed by atoms with Crippen LogP contribution in [0, 0.1) is 0 Å². The number of carboxylic acids is 2. The molecule has 0 aliphatic heterocycles. The van der Waals surface area contributed by atoms with E-state index < -0.39 is 18.0 Å². The van der Waals surface area contributed by atoms with E-state index >= 15 is 0 Å². The lowest BCUT2D eigenvalue weighted by Gasteiger charge is -2.15. The lowest BCUT2D eigenvalue weighted by Crippen LogP contribution is -2.30. The molecule has 0 amide bonds. The molecule has 0 fully saturated rings. The molecule has 2 rings (SSSR count). The first-order valence-electron chi connectivity index (χ1n) is 6.49. The van der Waals surface area contributed by atoms with Gasteiger partial charge in [-0.2, -0.15) is 11.8 Å². The largest absolute Gasteiger partial charge is 0.480 e. The number of anilines is 1. The zero-order valence-corrected chi connectivity index (χ0v) is 12.6. The summed E-state index contributed by atoms with van der Waals surface area (Å²) in [5.41, 5.74) is 0.570. The number of nitrogens with zero attached hydrogens (tertiary/aromatic N) is 2. The summed E-state index contributed by atoms with van der Waals surface area (Å²) in [6.07, 6.45) is 3.64. The first-order chi connectivity index (χ1) is 10.5. The van der Waals surface area contributed by atoms with E-state index in [0.717, 1.165) is 0 Å². The van der Waals surface area contributed by atoms with Gasteiger partial charge in [-0.25, -0.2) is 19.6 Å². The zero-order valence-electron chi connectivity index (χ0n) is 11.8. The average molecular weight is 321 g/mol. The highest BCUT2D eigenvalue weighted by Gasteiger charge is 2.18. The van der Waals surface area contributed by atoms with E-state index in [1.165, 1.54) is 18.5 Å². The third kappa shape index (κ3) is 3.64. The maximum atomic E-state index is 11.3. The summed E-state index contributed by atoms with van der Waals surface area (Å²) in [5, 5.41) is 21.7. The summed E-state index contributed by atoms with van der Waals surface area (Å²) in [4.78, 5) is 30.4. The van der Waals surface area contributed by atoms with E-state index in [1.54, 1.807) is 17.8 Å². The maximum absolute atomic E-state index is 11.3. The fourth-order valence-electron chi connectivity index (χ4n) is 1.96. The number of aromatic carboxylic acids is 1. The van der Waals surface area contributed by atoms with Crippen molar-refractivity contribution in [3.63, 3.8) is 0 Å². The zero-order chi connectivity index (χ0) is 16.1. The Labute approximate surface area is 130 Å². The highest BCUT2D eigenvalue weighted by molar-refractivity contribution is 7.98. The van der Waals surface area contributed by atoms with Crippen molar-refractivity contribution in [3.05, 3.63) is 30.1 Å². The molecule has 1 aromatic heterocycles. The van der Waals surface area contributed by atoms with Crippen molar-refractivity contribution in [2.75, 3.05) is 17.3 Å². The molecule has 3 N–H and O–H groups in total. The molecule has 0 spiro atoms. The van der Waals surface area contributed by atoms with E-state index in [0.29, 0.717) is 28.9 Å². The van der Waals surface area contributed by atoms with Crippen LogP contribution in [-0.4, -0.2) is 50.2 Å². The van der Waals surface area contributed by atoms with Crippen LogP contribution in [0.5, 0.6) is 0 Å². The van der Waals surface area contributed by atoms with Crippen LogP contribution in [0.15, 0.2) is 24.5 Å². The van der Waals surface area contributed by atoms with Crippen LogP contribution in [0.3, 0.4) is 0 Å². The Morgan fingerprint density at radius 2 is 2.09 bits per heavy atom. The molecule has 0 bridgehead atoms. The van der Waals surface area contributed by atoms with Crippen LogP contribution < -0.4 is 5.32 Å². The predicted molar refractivity (Wildman–Crippen MR) is 84.5 cm³/mol. The highest BCUT2D eigenvalue weighted by Crippen LogP contribution is 2.21. The van der Waals surface area contributed by atoms with Gasteiger partial charge in [-0.15, -0.1) is 0 Å². The predicted octanol–water partition coefficient (Wildman–Crippen LogP) is 1.95. The van der Waals surface area contributed by atoms with Gasteiger partial charge in [0.15, 0.2) is 0 Å². The number of aromatic nitrogens is 2. The molecule has 7 nitrogen and oxygen atoms in total. The molecule has 0 saturated carbocycles. The van der Waals surface area contributed by atoms with Gasteiger partial charge in [-0.3, -0.25) is 0 Å². The van der Waals surface area contributed by atoms with Gasteiger partial charge in [0, 0.05) is 5.39 Å². The first kappa shape index (κ1) is 16.0. The normalized spacial score (nSPS) is 12.0. The fraction of sp³-hybridized carbons (Fsp3) is 0.286. The number of hydrogen-bond acceptors (Lipinski definition) is 6. The van der Waals surface area contributed by atoms with Gasteiger partial charge in [0.05, 0.1) is 11.1 Å². The quantitative estimate of drug-likeness (QED) is 0.709. The van der Waals surface area contributed by atoms with Crippen LogP contribution in [0.4, 0.5) is 5.82 Å². The number of hydrogen-bond donors (Lipinski definition) is 3. The van der Waals surface area contributed by atoms with E-state index in [-0.39, 0.29) is 5.56 Å². The van der Waals surface area contributed by atoms with Gasteiger partial charge in [0.1, 0.15) is 18.2 Å². The SMILES string of the molecule is CSCCC(Nc1ncnc2cc(C(=O)O)ccc12)C(=O)O. The molecule has 0 saturated heterocycles. The third-order valence-corrected chi connectivity index (χ3v) is 3.75. The van der Waals surface area contributed by atoms with Gasteiger partial charge in [-0.05, 0) is 36.6 Å². The number of rotatable bonds is 7. The maximum Gasteiger partial charge on any atom is 0.335 e. The van der Waals surface area contributed by atoms with Crippen LogP contribution >= 0.6 is 11.8 Å². The molecular weight excluding hydrogens is 306 g/mol. The van der Waals surface area contributed by atoms with Crippen molar-refractivity contribution in [2.45, 2.75) is 12.5 Å². The van der Waals surface area contributed by atoms with Crippen LogP contribution in [0.2, 0.25) is 0 Å². The van der Waals surface area contributed by atoms with Crippen molar-refractivity contribution < 1.29 is 19.8 Å². The lowest BCUT2D eigenvalue weighted by atomic mass is 10.1. The number of carbonyl (C=O) groups is 2. The van der Waals surface area contributed by atoms with Gasteiger partial charge in [-0.1, -0.05) is 0 Å². The molecule has 1 aromatic carbocycles. The summed E-state index contributed by atoms with van der Waals surface area (Å²) in [7, 11) is 0. The Bertz CT molecular complexity index is 708. The van der Waals surface area contributed by atoms with Crippen molar-refractivity contribution in [2.24, 2.45) is 0 Å². The summed E-state index contributed by atoms with van der Waals surface area (Å²) in [5.74, 6) is -0.910. The van der Waals surface area contributed by atoms with Crippen molar-refractivity contribution in [3.8, 4) is 0 Å². The first-order valence-corrected chi connectivity index (χ1v) is 7.88. The van der Waals surface area contributed by atoms with E-state index in [1.807, 2.05) is 6.26 Å². The van der Waals surface area contributed by atoms with Crippen LogP contribution in [0.1, 0.15) is 16.8 Å². The lowest BCUT2D eigenvalue weighted by molar-refractivity contribution is -0.137. The smallest absolute Gasteiger partial charge is 0.335 e. The summed E-state index contributed by atoms with van der Waals surface area (Å²) < 4.78 is 0. The van der Waals surface area contributed by atoms with Crippen molar-refractivity contribution >= 4 is 40.4 Å². The Kier molecular flexibility index (Phi) is 5.16. The second kappa shape index (κ2) is 7.08. The Morgan fingerprint density at radius 1 is 1.32 bits per heavy atom. The van der Waals surface area contributed by atoms with Crippen LogP contribution in [-0.2, 0) is 4.79 Å². The van der Waals surface area contributed by atoms with E-state index in [4.69, 9.17) is 5.11 Å². The molecule has 0 aliphatic carbocycles. The minimum Gasteiger partial charge on any atom is -0.480 e. The topological polar surface area (TPSA) is 112 Å². The number of nitrogens with one attached hydrogen (secondary N) is 1. The summed E-state index contributed by atoms with van der Waals surface area (Å²) in [6.45, 7) is 0. The molecular formula is C14H15N3O4S. The van der Waals surface area contributed by atoms with Crippen molar-refractivity contribution in [1.82, 2.24) is 9.97 Å². The Balaban J connectivity index is 2.34. The standard InChI is InChI=1S/C14H15N3O4S/c1-22-5-4-10(14(20)21)17-12-9-3-2-8(13(18)19)6-11(9)15-7-16-12/h2-3,6-7,10H,4-5H2,1H3,(H,18,19)(H,20,21)(H,15,16,17). The summed E-state index contributed by atoms with van der Waals surface area (Å²) >= 11 is 1.57. The van der Waals surface area contributed by atoms with Gasteiger partial charge < -0.3 is 15.5 Å². The fourth-order valence-corrected chi connectivity index (χ4v) is 2.43. The molecule has 116 valence electrons. The number of fused-ring (bicyclic) bond motifs is 1. The number of carboxylic acid groups (broad SMARTS) is 2. The molecule has 1 atom stereocenters. The molecule has 8 heteroatoms. The van der Waals surface area contributed by atoms with Gasteiger partial charge in [0.2, 0.25) is 0 Å². The van der Waals surface area contributed by atoms with Crippen LogP contribution in [0.25, 0.3) is 10.9 Å². The summed E-state index contributed by atoms with van der Waals surface area (Å²) in [6, 6.07) is 3.69.